The van der Waals surface area contributed by atoms with Gasteiger partial charge in [0.1, 0.15) is 5.82 Å². The van der Waals surface area contributed by atoms with Crippen LogP contribution in [0.3, 0.4) is 0 Å². The van der Waals surface area contributed by atoms with E-state index in [0.717, 1.165) is 29.3 Å². The Hall–Kier alpha value is -1.88. The second-order valence-corrected chi connectivity index (χ2v) is 5.17. The molecule has 1 saturated carbocycles. The molecule has 5 heteroatoms. The molecule has 1 aliphatic carbocycles. The highest BCUT2D eigenvalue weighted by Gasteiger charge is 2.45. The fourth-order valence-corrected chi connectivity index (χ4v) is 2.21. The smallest absolute Gasteiger partial charge is 0.240 e. The average Bonchev–Trinajstić information content (AvgIpc) is 3.01. The number of carbonyl (C=O) groups excluding carboxylic acids is 1. The number of carbonyl (C=O) groups is 1. The van der Waals surface area contributed by atoms with Crippen LogP contribution in [0.4, 0.5) is 4.39 Å². The van der Waals surface area contributed by atoms with E-state index in [0.29, 0.717) is 13.0 Å². The van der Waals surface area contributed by atoms with Crippen LogP contribution in [0.2, 0.25) is 0 Å². The van der Waals surface area contributed by atoms with Crippen LogP contribution in [0.15, 0.2) is 24.4 Å². The highest BCUT2D eigenvalue weighted by Crippen LogP contribution is 2.32. The summed E-state index contributed by atoms with van der Waals surface area (Å²) in [5, 5.41) is 3.84. The summed E-state index contributed by atoms with van der Waals surface area (Å²) in [5.74, 6) is -0.327. The van der Waals surface area contributed by atoms with Gasteiger partial charge in [0, 0.05) is 23.6 Å². The maximum Gasteiger partial charge on any atom is 0.240 e. The molecule has 1 heterocycles. The number of aromatic amines is 1. The zero-order valence-corrected chi connectivity index (χ0v) is 10.5. The van der Waals surface area contributed by atoms with Crippen LogP contribution in [0.5, 0.6) is 0 Å². The summed E-state index contributed by atoms with van der Waals surface area (Å²) in [5.41, 5.74) is 7.02. The number of nitrogens with two attached hydrogens (primary N) is 1. The Balaban J connectivity index is 1.64. The van der Waals surface area contributed by atoms with E-state index in [2.05, 4.69) is 10.3 Å². The molecular weight excluding hydrogens is 245 g/mol. The summed E-state index contributed by atoms with van der Waals surface area (Å²) >= 11 is 0. The number of H-pyrrole nitrogens is 1. The van der Waals surface area contributed by atoms with E-state index in [9.17, 15) is 9.18 Å². The monoisotopic (exact) mass is 261 g/mol. The van der Waals surface area contributed by atoms with Gasteiger partial charge >= 0.3 is 0 Å². The fourth-order valence-electron chi connectivity index (χ4n) is 2.21. The normalized spacial score (nSPS) is 16.5. The lowest BCUT2D eigenvalue weighted by Gasteiger charge is -2.09. The molecule has 19 heavy (non-hydrogen) atoms. The van der Waals surface area contributed by atoms with Crippen molar-refractivity contribution in [2.75, 3.05) is 6.54 Å². The van der Waals surface area contributed by atoms with E-state index in [4.69, 9.17) is 5.73 Å². The van der Waals surface area contributed by atoms with Crippen LogP contribution >= 0.6 is 0 Å². The lowest BCUT2D eigenvalue weighted by Crippen LogP contribution is -2.43. The fraction of sp³-hybridized carbons (Fsp3) is 0.357. The predicted molar refractivity (Wildman–Crippen MR) is 71.1 cm³/mol. The minimum absolute atomic E-state index is 0.0709. The molecule has 3 rings (SSSR count). The summed E-state index contributed by atoms with van der Waals surface area (Å²) < 4.78 is 13.1. The van der Waals surface area contributed by atoms with E-state index in [1.54, 1.807) is 6.07 Å². The van der Waals surface area contributed by atoms with Gasteiger partial charge in [-0.3, -0.25) is 4.79 Å². The SMILES string of the molecule is NC1(C(=O)NCCc2c[nH]c3cc(F)ccc23)CC1. The van der Waals surface area contributed by atoms with Crippen molar-refractivity contribution >= 4 is 16.8 Å². The van der Waals surface area contributed by atoms with Crippen molar-refractivity contribution in [2.45, 2.75) is 24.8 Å². The molecule has 1 amide bonds. The first kappa shape index (κ1) is 12.2. The molecule has 100 valence electrons. The Morgan fingerprint density at radius 2 is 2.26 bits per heavy atom. The third kappa shape index (κ3) is 2.33. The van der Waals surface area contributed by atoms with Gasteiger partial charge in [0.05, 0.1) is 5.54 Å². The van der Waals surface area contributed by atoms with Crippen LogP contribution in [-0.4, -0.2) is 23.0 Å². The molecule has 2 aromatic rings. The van der Waals surface area contributed by atoms with Crippen LogP contribution < -0.4 is 11.1 Å². The van der Waals surface area contributed by atoms with E-state index in [1.165, 1.54) is 12.1 Å². The van der Waals surface area contributed by atoms with Crippen molar-refractivity contribution in [3.8, 4) is 0 Å². The van der Waals surface area contributed by atoms with Crippen molar-refractivity contribution in [2.24, 2.45) is 5.73 Å². The number of fused-ring (bicyclic) bond motifs is 1. The Labute approximate surface area is 110 Å². The summed E-state index contributed by atoms with van der Waals surface area (Å²) in [6, 6.07) is 4.66. The van der Waals surface area contributed by atoms with Crippen LogP contribution in [0.1, 0.15) is 18.4 Å². The maximum absolute atomic E-state index is 13.1. The van der Waals surface area contributed by atoms with Crippen molar-refractivity contribution in [3.63, 3.8) is 0 Å². The Kier molecular flexibility index (Phi) is 2.78. The number of amides is 1. The van der Waals surface area contributed by atoms with E-state index in [1.807, 2.05) is 6.20 Å². The number of hydrogen-bond acceptors (Lipinski definition) is 2. The molecule has 0 atom stereocenters. The van der Waals surface area contributed by atoms with Crippen LogP contribution in [0, 0.1) is 5.82 Å². The van der Waals surface area contributed by atoms with Crippen molar-refractivity contribution in [1.29, 1.82) is 0 Å². The van der Waals surface area contributed by atoms with Crippen molar-refractivity contribution in [1.82, 2.24) is 10.3 Å². The number of rotatable bonds is 4. The molecular formula is C14H16FN3O. The standard InChI is InChI=1S/C14H16FN3O/c15-10-1-2-11-9(8-18-12(11)7-10)3-6-17-13(19)14(16)4-5-14/h1-2,7-8,18H,3-6,16H2,(H,17,19). The molecule has 0 radical (unpaired) electrons. The summed E-state index contributed by atoms with van der Waals surface area (Å²) in [4.78, 5) is 14.7. The van der Waals surface area contributed by atoms with Gasteiger partial charge in [-0.15, -0.1) is 0 Å². The van der Waals surface area contributed by atoms with Gasteiger partial charge in [-0.25, -0.2) is 4.39 Å². The van der Waals surface area contributed by atoms with Gasteiger partial charge in [0.2, 0.25) is 5.91 Å². The Morgan fingerprint density at radius 3 is 3.00 bits per heavy atom. The van der Waals surface area contributed by atoms with E-state index in [-0.39, 0.29) is 11.7 Å². The van der Waals surface area contributed by atoms with Crippen LogP contribution in [0.25, 0.3) is 10.9 Å². The molecule has 1 aromatic carbocycles. The topological polar surface area (TPSA) is 70.9 Å². The molecule has 0 unspecified atom stereocenters. The first-order chi connectivity index (χ1) is 9.08. The zero-order chi connectivity index (χ0) is 13.5. The zero-order valence-electron chi connectivity index (χ0n) is 10.5. The Bertz CT molecular complexity index is 631. The number of benzene rings is 1. The van der Waals surface area contributed by atoms with Crippen molar-refractivity contribution < 1.29 is 9.18 Å². The van der Waals surface area contributed by atoms with Gasteiger partial charge in [0.25, 0.3) is 0 Å². The van der Waals surface area contributed by atoms with Gasteiger partial charge in [-0.1, -0.05) is 0 Å². The van der Waals surface area contributed by atoms with Gasteiger partial charge in [-0.05, 0) is 43.0 Å². The lowest BCUT2D eigenvalue weighted by atomic mass is 10.1. The van der Waals surface area contributed by atoms with Crippen LogP contribution in [-0.2, 0) is 11.2 Å². The third-order valence-corrected chi connectivity index (χ3v) is 3.65. The molecule has 1 fully saturated rings. The number of aromatic nitrogens is 1. The summed E-state index contributed by atoms with van der Waals surface area (Å²) in [6.45, 7) is 0.544. The highest BCUT2D eigenvalue weighted by atomic mass is 19.1. The molecule has 4 N–H and O–H groups in total. The van der Waals surface area contributed by atoms with Crippen molar-refractivity contribution in [3.05, 3.63) is 35.8 Å². The summed E-state index contributed by atoms with van der Waals surface area (Å²) in [6.07, 6.45) is 4.09. The quantitative estimate of drug-likeness (QED) is 0.779. The molecule has 0 bridgehead atoms. The first-order valence-corrected chi connectivity index (χ1v) is 6.41. The molecule has 4 nitrogen and oxygen atoms in total. The largest absolute Gasteiger partial charge is 0.361 e. The van der Waals surface area contributed by atoms with Gasteiger partial charge < -0.3 is 16.0 Å². The number of halogens is 1. The van der Waals surface area contributed by atoms with Gasteiger partial charge in [0.15, 0.2) is 0 Å². The van der Waals surface area contributed by atoms with E-state index < -0.39 is 5.54 Å². The molecule has 1 aliphatic rings. The minimum Gasteiger partial charge on any atom is -0.361 e. The number of nitrogens with one attached hydrogen (secondary N) is 2. The molecule has 0 spiro atoms. The predicted octanol–water partition coefficient (Wildman–Crippen LogP) is 1.46. The third-order valence-electron chi connectivity index (χ3n) is 3.65. The van der Waals surface area contributed by atoms with E-state index >= 15 is 0 Å². The average molecular weight is 261 g/mol. The Morgan fingerprint density at radius 1 is 1.47 bits per heavy atom. The second-order valence-electron chi connectivity index (χ2n) is 5.17. The number of hydrogen-bond donors (Lipinski definition) is 3. The molecule has 0 saturated heterocycles. The molecule has 0 aliphatic heterocycles. The minimum atomic E-state index is -0.622. The molecule has 1 aromatic heterocycles. The van der Waals surface area contributed by atoms with Gasteiger partial charge in [-0.2, -0.15) is 0 Å². The summed E-state index contributed by atoms with van der Waals surface area (Å²) in [7, 11) is 0. The highest BCUT2D eigenvalue weighted by molar-refractivity contribution is 5.89. The second kappa shape index (κ2) is 4.35. The first-order valence-electron chi connectivity index (χ1n) is 6.41. The maximum atomic E-state index is 13.1. The lowest BCUT2D eigenvalue weighted by molar-refractivity contribution is -0.123.